The fourth-order valence-electron chi connectivity index (χ4n) is 1.68. The van der Waals surface area contributed by atoms with Crippen LogP contribution in [0.4, 0.5) is 22.0 Å². The molecular weight excluding hydrogens is 297 g/mol. The van der Waals surface area contributed by atoms with Crippen LogP contribution in [0.5, 0.6) is 0 Å². The maximum atomic E-state index is 12.3. The smallest absolute Gasteiger partial charge is 0.390 e. The van der Waals surface area contributed by atoms with E-state index in [0.717, 1.165) is 0 Å². The average molecular weight is 307 g/mol. The van der Waals surface area contributed by atoms with E-state index in [-0.39, 0.29) is 11.5 Å². The average Bonchev–Trinajstić information content (AvgIpc) is 2.86. The fraction of sp³-hybridized carbons (Fsp3) is 0.333. The summed E-state index contributed by atoms with van der Waals surface area (Å²) in [6, 6.07) is 4.29. The van der Waals surface area contributed by atoms with Gasteiger partial charge in [-0.25, -0.2) is 0 Å². The summed E-state index contributed by atoms with van der Waals surface area (Å²) in [6.07, 6.45) is -8.40. The number of hydrogen-bond acceptors (Lipinski definition) is 4. The Hall–Kier alpha value is -2.03. The van der Waals surface area contributed by atoms with Crippen LogP contribution in [0.15, 0.2) is 28.7 Å². The Morgan fingerprint density at radius 1 is 1.10 bits per heavy atom. The van der Waals surface area contributed by atoms with Gasteiger partial charge in [0.05, 0.1) is 6.42 Å². The second kappa shape index (κ2) is 5.76. The van der Waals surface area contributed by atoms with Gasteiger partial charge in [-0.15, -0.1) is 10.2 Å². The van der Waals surface area contributed by atoms with Crippen LogP contribution in [0.1, 0.15) is 30.3 Å². The molecule has 1 atom stereocenters. The third-order valence-electron chi connectivity index (χ3n) is 2.66. The minimum Gasteiger partial charge on any atom is -0.415 e. The van der Waals surface area contributed by atoms with Crippen molar-refractivity contribution in [2.24, 2.45) is 5.73 Å². The number of rotatable bonds is 4. The molecule has 0 radical (unpaired) electrons. The zero-order chi connectivity index (χ0) is 15.6. The van der Waals surface area contributed by atoms with Crippen LogP contribution in [0.25, 0.3) is 11.5 Å². The van der Waals surface area contributed by atoms with Crippen molar-refractivity contribution in [3.05, 3.63) is 35.7 Å². The standard InChI is InChI=1S/C12H10F5N3O/c13-9(14)11-20-19-10(21-11)7-3-1-6(2-4-7)8(18)5-12(15,16)17/h1-4,8-9H,5,18H2. The van der Waals surface area contributed by atoms with Gasteiger partial charge in [0.15, 0.2) is 0 Å². The first-order valence-corrected chi connectivity index (χ1v) is 5.80. The Morgan fingerprint density at radius 3 is 2.19 bits per heavy atom. The van der Waals surface area contributed by atoms with Crippen LogP contribution in [0.2, 0.25) is 0 Å². The van der Waals surface area contributed by atoms with E-state index in [0.29, 0.717) is 5.56 Å². The predicted octanol–water partition coefficient (Wildman–Crippen LogP) is 3.63. The highest BCUT2D eigenvalue weighted by Crippen LogP contribution is 2.29. The van der Waals surface area contributed by atoms with E-state index in [1.807, 2.05) is 0 Å². The Morgan fingerprint density at radius 2 is 1.71 bits per heavy atom. The quantitative estimate of drug-likeness (QED) is 0.876. The van der Waals surface area contributed by atoms with Crippen LogP contribution in [-0.4, -0.2) is 16.4 Å². The van der Waals surface area contributed by atoms with Crippen LogP contribution < -0.4 is 5.73 Å². The van der Waals surface area contributed by atoms with Crippen LogP contribution in [0, 0.1) is 0 Å². The third-order valence-corrected chi connectivity index (χ3v) is 2.66. The lowest BCUT2D eigenvalue weighted by Gasteiger charge is -2.14. The topological polar surface area (TPSA) is 64.9 Å². The van der Waals surface area contributed by atoms with Crippen LogP contribution in [-0.2, 0) is 0 Å². The molecule has 0 spiro atoms. The first kappa shape index (κ1) is 15.4. The molecule has 0 saturated heterocycles. The van der Waals surface area contributed by atoms with E-state index < -0.39 is 31.0 Å². The first-order valence-electron chi connectivity index (χ1n) is 5.80. The van der Waals surface area contributed by atoms with Gasteiger partial charge in [-0.3, -0.25) is 0 Å². The molecule has 1 unspecified atom stereocenters. The van der Waals surface area contributed by atoms with Crippen molar-refractivity contribution in [1.29, 1.82) is 0 Å². The lowest BCUT2D eigenvalue weighted by atomic mass is 10.0. The molecule has 21 heavy (non-hydrogen) atoms. The molecule has 2 N–H and O–H groups in total. The number of nitrogens with two attached hydrogens (primary N) is 1. The van der Waals surface area contributed by atoms with Gasteiger partial charge in [-0.1, -0.05) is 12.1 Å². The number of alkyl halides is 5. The Labute approximate surface area is 115 Å². The van der Waals surface area contributed by atoms with Crippen molar-refractivity contribution in [3.63, 3.8) is 0 Å². The van der Waals surface area contributed by atoms with Gasteiger partial charge in [0, 0.05) is 11.6 Å². The van der Waals surface area contributed by atoms with Gasteiger partial charge in [0.1, 0.15) is 0 Å². The zero-order valence-electron chi connectivity index (χ0n) is 10.4. The highest BCUT2D eigenvalue weighted by atomic mass is 19.4. The van der Waals surface area contributed by atoms with E-state index in [2.05, 4.69) is 10.2 Å². The molecule has 2 aromatic rings. The fourth-order valence-corrected chi connectivity index (χ4v) is 1.68. The van der Waals surface area contributed by atoms with Crippen molar-refractivity contribution in [1.82, 2.24) is 10.2 Å². The second-order valence-corrected chi connectivity index (χ2v) is 4.29. The molecule has 1 aromatic carbocycles. The van der Waals surface area contributed by atoms with Crippen molar-refractivity contribution < 1.29 is 26.4 Å². The van der Waals surface area contributed by atoms with E-state index in [1.165, 1.54) is 24.3 Å². The number of halogens is 5. The summed E-state index contributed by atoms with van der Waals surface area (Å²) < 4.78 is 66.0. The van der Waals surface area contributed by atoms with Crippen molar-refractivity contribution in [2.75, 3.05) is 0 Å². The van der Waals surface area contributed by atoms with E-state index >= 15 is 0 Å². The van der Waals surface area contributed by atoms with Gasteiger partial charge in [-0.05, 0) is 17.7 Å². The summed E-state index contributed by atoms with van der Waals surface area (Å²) in [5.41, 5.74) is 6.03. The van der Waals surface area contributed by atoms with Crippen molar-refractivity contribution in [3.8, 4) is 11.5 Å². The highest BCUT2D eigenvalue weighted by Gasteiger charge is 2.30. The molecule has 0 aliphatic rings. The number of nitrogens with zero attached hydrogens (tertiary/aromatic N) is 2. The molecule has 0 fully saturated rings. The van der Waals surface area contributed by atoms with Crippen LogP contribution >= 0.6 is 0 Å². The number of benzene rings is 1. The normalized spacial score (nSPS) is 13.7. The predicted molar refractivity (Wildman–Crippen MR) is 62.3 cm³/mol. The van der Waals surface area contributed by atoms with Gasteiger partial charge in [-0.2, -0.15) is 22.0 Å². The highest BCUT2D eigenvalue weighted by molar-refractivity contribution is 5.53. The molecule has 114 valence electrons. The molecular formula is C12H10F5N3O. The van der Waals surface area contributed by atoms with Crippen molar-refractivity contribution >= 4 is 0 Å². The summed E-state index contributed by atoms with van der Waals surface area (Å²) in [4.78, 5) is 0. The van der Waals surface area contributed by atoms with E-state index in [1.54, 1.807) is 0 Å². The molecule has 0 saturated carbocycles. The summed E-state index contributed by atoms with van der Waals surface area (Å²) in [6.45, 7) is 0. The molecule has 1 heterocycles. The minimum absolute atomic E-state index is 0.138. The SMILES string of the molecule is NC(CC(F)(F)F)c1ccc(-c2nnc(C(F)F)o2)cc1. The Kier molecular flexibility index (Phi) is 4.21. The minimum atomic E-state index is -4.36. The van der Waals surface area contributed by atoms with E-state index in [9.17, 15) is 22.0 Å². The molecule has 9 heteroatoms. The number of aromatic nitrogens is 2. The second-order valence-electron chi connectivity index (χ2n) is 4.29. The third kappa shape index (κ3) is 3.97. The van der Waals surface area contributed by atoms with Gasteiger partial charge >= 0.3 is 12.6 Å². The lowest BCUT2D eigenvalue weighted by Crippen LogP contribution is -2.20. The van der Waals surface area contributed by atoms with Gasteiger partial charge < -0.3 is 10.2 Å². The maximum Gasteiger partial charge on any atom is 0.390 e. The van der Waals surface area contributed by atoms with Crippen molar-refractivity contribution in [2.45, 2.75) is 25.1 Å². The summed E-state index contributed by atoms with van der Waals surface area (Å²) in [5, 5.41) is 6.59. The largest absolute Gasteiger partial charge is 0.415 e. The molecule has 0 amide bonds. The Bertz CT molecular complexity index is 594. The maximum absolute atomic E-state index is 12.3. The molecule has 2 rings (SSSR count). The number of hydrogen-bond donors (Lipinski definition) is 1. The van der Waals surface area contributed by atoms with Gasteiger partial charge in [0.25, 0.3) is 5.89 Å². The zero-order valence-corrected chi connectivity index (χ0v) is 10.4. The molecule has 0 aliphatic heterocycles. The molecule has 1 aromatic heterocycles. The summed E-state index contributed by atoms with van der Waals surface area (Å²) >= 11 is 0. The molecule has 0 bridgehead atoms. The van der Waals surface area contributed by atoms with Gasteiger partial charge in [0.2, 0.25) is 5.89 Å². The molecule has 0 aliphatic carbocycles. The lowest BCUT2D eigenvalue weighted by molar-refractivity contribution is -0.138. The summed E-state index contributed by atoms with van der Waals surface area (Å²) in [7, 11) is 0. The molecule has 4 nitrogen and oxygen atoms in total. The first-order chi connectivity index (χ1) is 9.76. The van der Waals surface area contributed by atoms with Crippen LogP contribution in [0.3, 0.4) is 0 Å². The van der Waals surface area contributed by atoms with E-state index in [4.69, 9.17) is 10.2 Å². The Balaban J connectivity index is 2.14. The summed E-state index contributed by atoms with van der Waals surface area (Å²) in [5.74, 6) is -0.955. The monoisotopic (exact) mass is 307 g/mol.